The minimum Gasteiger partial charge on any atom is -0.496 e. The van der Waals surface area contributed by atoms with E-state index in [-0.39, 0.29) is 18.0 Å². The maximum absolute atomic E-state index is 11.3. The van der Waals surface area contributed by atoms with E-state index in [0.717, 1.165) is 5.56 Å². The molecule has 0 spiro atoms. The minimum atomic E-state index is -0.629. The summed E-state index contributed by atoms with van der Waals surface area (Å²) >= 11 is 0. The van der Waals surface area contributed by atoms with E-state index in [9.17, 15) is 9.90 Å². The summed E-state index contributed by atoms with van der Waals surface area (Å²) in [7, 11) is 1.52. The topological polar surface area (TPSA) is 111 Å². The molecule has 20 heavy (non-hydrogen) atoms. The number of aliphatic hydroxyl groups is 1. The number of pyridine rings is 1. The number of aliphatic hydroxyl groups excluding tert-OH is 1. The number of primary amides is 1. The van der Waals surface area contributed by atoms with E-state index < -0.39 is 5.91 Å². The van der Waals surface area contributed by atoms with Gasteiger partial charge in [0, 0.05) is 17.3 Å². The molecule has 1 aromatic heterocycles. The summed E-state index contributed by atoms with van der Waals surface area (Å²) in [5, 5.41) is 9.19. The van der Waals surface area contributed by atoms with Gasteiger partial charge in [-0.05, 0) is 17.7 Å². The van der Waals surface area contributed by atoms with E-state index >= 15 is 0 Å². The summed E-state index contributed by atoms with van der Waals surface area (Å²) in [6, 6.07) is 6.88. The van der Waals surface area contributed by atoms with Gasteiger partial charge in [0.15, 0.2) is 0 Å². The molecule has 2 aromatic rings. The molecule has 1 heterocycles. The molecule has 6 heteroatoms. The number of hydrogen-bond donors (Lipinski definition) is 3. The highest BCUT2D eigenvalue weighted by Gasteiger charge is 2.11. The number of carbonyl (C=O) groups is 1. The third-order valence-electron chi connectivity index (χ3n) is 2.97. The predicted octanol–water partition coefficient (Wildman–Crippen LogP) is 0.931. The molecule has 0 aliphatic rings. The lowest BCUT2D eigenvalue weighted by Gasteiger charge is -2.10. The lowest BCUT2D eigenvalue weighted by Crippen LogP contribution is -2.14. The molecule has 6 nitrogen and oxygen atoms in total. The molecule has 0 radical (unpaired) electrons. The first-order valence-corrected chi connectivity index (χ1v) is 5.90. The number of benzene rings is 1. The normalized spacial score (nSPS) is 10.3. The Bertz CT molecular complexity index is 656. The van der Waals surface area contributed by atoms with E-state index in [1.807, 2.05) is 0 Å². The monoisotopic (exact) mass is 273 g/mol. The van der Waals surface area contributed by atoms with Crippen LogP contribution in [0.1, 0.15) is 15.9 Å². The molecule has 0 fully saturated rings. The summed E-state index contributed by atoms with van der Waals surface area (Å²) in [5.74, 6) is 0.0263. The van der Waals surface area contributed by atoms with Crippen molar-refractivity contribution in [1.82, 2.24) is 4.98 Å². The lowest BCUT2D eigenvalue weighted by atomic mass is 10.0. The van der Waals surface area contributed by atoms with Crippen molar-refractivity contribution < 1.29 is 14.6 Å². The van der Waals surface area contributed by atoms with Gasteiger partial charge in [-0.15, -0.1) is 0 Å². The molecule has 1 aromatic carbocycles. The Kier molecular flexibility index (Phi) is 3.86. The zero-order valence-corrected chi connectivity index (χ0v) is 11.0. The van der Waals surface area contributed by atoms with E-state index in [1.54, 1.807) is 30.5 Å². The maximum atomic E-state index is 11.3. The molecule has 0 unspecified atom stereocenters. The Balaban J connectivity index is 2.51. The molecule has 2 rings (SSSR count). The van der Waals surface area contributed by atoms with E-state index in [2.05, 4.69) is 4.98 Å². The van der Waals surface area contributed by atoms with Crippen LogP contribution in [0.4, 0.5) is 5.82 Å². The van der Waals surface area contributed by atoms with Gasteiger partial charge in [-0.25, -0.2) is 4.98 Å². The Labute approximate surface area is 116 Å². The van der Waals surface area contributed by atoms with Crippen molar-refractivity contribution in [3.63, 3.8) is 0 Å². The van der Waals surface area contributed by atoms with Gasteiger partial charge in [-0.3, -0.25) is 4.79 Å². The summed E-state index contributed by atoms with van der Waals surface area (Å²) < 4.78 is 5.20. The minimum absolute atomic E-state index is 0.0974. The second kappa shape index (κ2) is 5.58. The van der Waals surface area contributed by atoms with E-state index in [4.69, 9.17) is 16.2 Å². The van der Waals surface area contributed by atoms with Crippen LogP contribution >= 0.6 is 0 Å². The number of methoxy groups -OCH3 is 1. The third-order valence-corrected chi connectivity index (χ3v) is 2.97. The van der Waals surface area contributed by atoms with Crippen LogP contribution in [0.5, 0.6) is 5.75 Å². The smallest absolute Gasteiger partial charge is 0.252 e. The largest absolute Gasteiger partial charge is 0.496 e. The second-order valence-electron chi connectivity index (χ2n) is 4.21. The van der Waals surface area contributed by atoms with Gasteiger partial charge in [-0.1, -0.05) is 12.1 Å². The second-order valence-corrected chi connectivity index (χ2v) is 4.21. The fraction of sp³-hybridized carbons (Fsp3) is 0.143. The number of carbonyl (C=O) groups excluding carboxylic acids is 1. The number of nitrogens with two attached hydrogens (primary N) is 2. The van der Waals surface area contributed by atoms with Crippen LogP contribution in [-0.4, -0.2) is 23.1 Å². The molecule has 0 saturated heterocycles. The van der Waals surface area contributed by atoms with Crippen molar-refractivity contribution in [3.8, 4) is 16.9 Å². The van der Waals surface area contributed by atoms with Crippen LogP contribution in [0.25, 0.3) is 11.1 Å². The zero-order valence-electron chi connectivity index (χ0n) is 11.0. The van der Waals surface area contributed by atoms with Crippen LogP contribution in [0.3, 0.4) is 0 Å². The Hall–Kier alpha value is -2.60. The quantitative estimate of drug-likeness (QED) is 0.767. The highest BCUT2D eigenvalue weighted by Crippen LogP contribution is 2.28. The van der Waals surface area contributed by atoms with Crippen molar-refractivity contribution in [2.24, 2.45) is 5.73 Å². The summed E-state index contributed by atoms with van der Waals surface area (Å²) in [4.78, 5) is 15.2. The van der Waals surface area contributed by atoms with Crippen molar-refractivity contribution in [3.05, 3.63) is 41.6 Å². The molecule has 0 saturated carbocycles. The molecule has 0 aliphatic carbocycles. The Morgan fingerprint density at radius 1 is 1.35 bits per heavy atom. The van der Waals surface area contributed by atoms with Crippen LogP contribution in [0.15, 0.2) is 30.5 Å². The van der Waals surface area contributed by atoms with Crippen LogP contribution in [0, 0.1) is 0 Å². The molecule has 104 valence electrons. The highest BCUT2D eigenvalue weighted by molar-refractivity contribution is 5.98. The molecule has 0 aliphatic heterocycles. The van der Waals surface area contributed by atoms with Gasteiger partial charge in [-0.2, -0.15) is 0 Å². The van der Waals surface area contributed by atoms with Crippen molar-refractivity contribution in [1.29, 1.82) is 0 Å². The van der Waals surface area contributed by atoms with Gasteiger partial charge in [0.2, 0.25) is 0 Å². The average molecular weight is 273 g/mol. The predicted molar refractivity (Wildman–Crippen MR) is 75.1 cm³/mol. The summed E-state index contributed by atoms with van der Waals surface area (Å²) in [6.45, 7) is -0.115. The number of amides is 1. The third kappa shape index (κ3) is 2.55. The highest BCUT2D eigenvalue weighted by atomic mass is 16.5. The van der Waals surface area contributed by atoms with Crippen molar-refractivity contribution >= 4 is 11.7 Å². The molecule has 0 atom stereocenters. The first-order chi connectivity index (χ1) is 9.56. The zero-order chi connectivity index (χ0) is 14.7. The number of anilines is 1. The van der Waals surface area contributed by atoms with E-state index in [1.165, 1.54) is 7.11 Å². The van der Waals surface area contributed by atoms with Crippen LogP contribution in [-0.2, 0) is 6.61 Å². The lowest BCUT2D eigenvalue weighted by molar-refractivity contribution is 0.100. The van der Waals surface area contributed by atoms with Crippen molar-refractivity contribution in [2.45, 2.75) is 6.61 Å². The number of aromatic nitrogens is 1. The summed E-state index contributed by atoms with van der Waals surface area (Å²) in [6.07, 6.45) is 1.55. The van der Waals surface area contributed by atoms with Gasteiger partial charge in [0.25, 0.3) is 5.91 Å². The SMILES string of the molecule is COc1cc(-c2cnc(N)c(C(N)=O)c2)ccc1CO. The van der Waals surface area contributed by atoms with Gasteiger partial charge in [0.05, 0.1) is 19.3 Å². The molecule has 5 N–H and O–H groups in total. The molecular formula is C14H15N3O3. The molecular weight excluding hydrogens is 258 g/mol. The standard InChI is InChI=1S/C14H15N3O3/c1-20-12-5-8(2-3-9(12)7-18)10-4-11(14(16)19)13(15)17-6-10/h2-6,18H,7H2,1H3,(H2,15,17)(H2,16,19). The first-order valence-electron chi connectivity index (χ1n) is 5.90. The number of nitrogen functional groups attached to an aromatic ring is 1. The summed E-state index contributed by atoms with van der Waals surface area (Å²) in [5.41, 5.74) is 13.2. The molecule has 0 bridgehead atoms. The van der Waals surface area contributed by atoms with Crippen molar-refractivity contribution in [2.75, 3.05) is 12.8 Å². The van der Waals surface area contributed by atoms with Gasteiger partial charge in [0.1, 0.15) is 11.6 Å². The number of ether oxygens (including phenoxy) is 1. The van der Waals surface area contributed by atoms with Crippen LogP contribution < -0.4 is 16.2 Å². The average Bonchev–Trinajstić information content (AvgIpc) is 2.46. The Morgan fingerprint density at radius 3 is 2.70 bits per heavy atom. The van der Waals surface area contributed by atoms with Crippen LogP contribution in [0.2, 0.25) is 0 Å². The number of rotatable bonds is 4. The Morgan fingerprint density at radius 2 is 2.10 bits per heavy atom. The first kappa shape index (κ1) is 13.8. The van der Waals surface area contributed by atoms with Gasteiger partial charge < -0.3 is 21.3 Å². The fourth-order valence-corrected chi connectivity index (χ4v) is 1.89. The maximum Gasteiger partial charge on any atom is 0.252 e. The van der Waals surface area contributed by atoms with E-state index in [0.29, 0.717) is 16.9 Å². The molecule has 1 amide bonds. The number of hydrogen-bond acceptors (Lipinski definition) is 5. The fourth-order valence-electron chi connectivity index (χ4n) is 1.89. The number of nitrogens with zero attached hydrogens (tertiary/aromatic N) is 1. The van der Waals surface area contributed by atoms with Gasteiger partial charge >= 0.3 is 0 Å².